The molecule has 0 bridgehead atoms. The summed E-state index contributed by atoms with van der Waals surface area (Å²) in [6.07, 6.45) is 1.21. The average molecular weight is 277 g/mol. The number of hydrogen-bond acceptors (Lipinski definition) is 4. The molecule has 0 radical (unpaired) electrons. The van der Waals surface area contributed by atoms with Crippen molar-refractivity contribution in [3.63, 3.8) is 0 Å². The minimum atomic E-state index is 0.293. The van der Waals surface area contributed by atoms with Crippen LogP contribution in [0.25, 0.3) is 0 Å². The lowest BCUT2D eigenvalue weighted by Crippen LogP contribution is -2.36. The Labute approximate surface area is 122 Å². The second-order valence-corrected chi connectivity index (χ2v) is 5.45. The van der Waals surface area contributed by atoms with E-state index in [0.29, 0.717) is 19.2 Å². The molecule has 0 spiro atoms. The van der Waals surface area contributed by atoms with Gasteiger partial charge in [-0.3, -0.25) is 4.90 Å². The van der Waals surface area contributed by atoms with Gasteiger partial charge in [0.05, 0.1) is 6.61 Å². The molecule has 1 aliphatic heterocycles. The summed E-state index contributed by atoms with van der Waals surface area (Å²) in [7, 11) is 2.19. The van der Waals surface area contributed by atoms with E-state index in [0.717, 1.165) is 25.4 Å². The van der Waals surface area contributed by atoms with Crippen molar-refractivity contribution in [1.82, 2.24) is 9.80 Å². The normalized spacial score (nSPS) is 19.6. The van der Waals surface area contributed by atoms with Crippen LogP contribution in [0.3, 0.4) is 0 Å². The van der Waals surface area contributed by atoms with E-state index in [9.17, 15) is 0 Å². The van der Waals surface area contributed by atoms with Crippen molar-refractivity contribution >= 4 is 0 Å². The van der Waals surface area contributed by atoms with Gasteiger partial charge in [-0.2, -0.15) is 0 Å². The van der Waals surface area contributed by atoms with Crippen molar-refractivity contribution in [2.24, 2.45) is 5.73 Å². The van der Waals surface area contributed by atoms with Crippen LogP contribution in [0.4, 0.5) is 0 Å². The van der Waals surface area contributed by atoms with E-state index in [2.05, 4.69) is 35.0 Å². The second kappa shape index (κ2) is 7.62. The van der Waals surface area contributed by atoms with Gasteiger partial charge in [0.1, 0.15) is 5.75 Å². The zero-order valence-corrected chi connectivity index (χ0v) is 12.7. The van der Waals surface area contributed by atoms with Crippen LogP contribution in [0.1, 0.15) is 24.9 Å². The van der Waals surface area contributed by atoms with Crippen molar-refractivity contribution in [3.05, 3.63) is 29.8 Å². The van der Waals surface area contributed by atoms with Crippen molar-refractivity contribution in [3.8, 4) is 5.75 Å². The molecule has 112 valence electrons. The SMILES string of the molecule is CCOc1cccc(C(CN)N2CCCN(C)CC2)c1. The molecular weight excluding hydrogens is 250 g/mol. The predicted octanol–water partition coefficient (Wildman–Crippen LogP) is 1.72. The fourth-order valence-electron chi connectivity index (χ4n) is 2.85. The van der Waals surface area contributed by atoms with Gasteiger partial charge in [0.15, 0.2) is 0 Å². The Balaban J connectivity index is 2.12. The van der Waals surface area contributed by atoms with Crippen LogP contribution in [-0.2, 0) is 0 Å². The van der Waals surface area contributed by atoms with Crippen molar-refractivity contribution in [2.45, 2.75) is 19.4 Å². The van der Waals surface area contributed by atoms with Crippen LogP contribution < -0.4 is 10.5 Å². The first-order chi connectivity index (χ1) is 9.74. The number of hydrogen-bond donors (Lipinski definition) is 1. The summed E-state index contributed by atoms with van der Waals surface area (Å²) >= 11 is 0. The molecule has 0 aromatic heterocycles. The number of benzene rings is 1. The van der Waals surface area contributed by atoms with Gasteiger partial charge in [-0.25, -0.2) is 0 Å². The van der Waals surface area contributed by atoms with Crippen LogP contribution in [0.2, 0.25) is 0 Å². The summed E-state index contributed by atoms with van der Waals surface area (Å²) in [5.74, 6) is 0.940. The minimum absolute atomic E-state index is 0.293. The molecule has 1 saturated heterocycles. The first-order valence-corrected chi connectivity index (χ1v) is 7.60. The molecule has 1 atom stereocenters. The quantitative estimate of drug-likeness (QED) is 0.890. The Morgan fingerprint density at radius 3 is 2.85 bits per heavy atom. The van der Waals surface area contributed by atoms with Crippen LogP contribution in [0.5, 0.6) is 5.75 Å². The van der Waals surface area contributed by atoms with Crippen LogP contribution in [0, 0.1) is 0 Å². The van der Waals surface area contributed by atoms with Crippen molar-refractivity contribution < 1.29 is 4.74 Å². The molecular formula is C16H27N3O. The summed E-state index contributed by atoms with van der Waals surface area (Å²) in [4.78, 5) is 4.90. The van der Waals surface area contributed by atoms with Gasteiger partial charge in [0, 0.05) is 32.2 Å². The van der Waals surface area contributed by atoms with Gasteiger partial charge in [-0.05, 0) is 44.6 Å². The van der Waals surface area contributed by atoms with E-state index in [-0.39, 0.29) is 0 Å². The summed E-state index contributed by atoms with van der Waals surface area (Å²) in [5.41, 5.74) is 7.32. The monoisotopic (exact) mass is 277 g/mol. The first-order valence-electron chi connectivity index (χ1n) is 7.60. The predicted molar refractivity (Wildman–Crippen MR) is 83.1 cm³/mol. The maximum absolute atomic E-state index is 6.05. The minimum Gasteiger partial charge on any atom is -0.494 e. The van der Waals surface area contributed by atoms with Gasteiger partial charge in [-0.15, -0.1) is 0 Å². The Bertz CT molecular complexity index is 410. The van der Waals surface area contributed by atoms with E-state index in [4.69, 9.17) is 10.5 Å². The highest BCUT2D eigenvalue weighted by molar-refractivity contribution is 5.31. The second-order valence-electron chi connectivity index (χ2n) is 5.45. The van der Waals surface area contributed by atoms with Gasteiger partial charge in [0.2, 0.25) is 0 Å². The molecule has 0 saturated carbocycles. The van der Waals surface area contributed by atoms with E-state index in [1.54, 1.807) is 0 Å². The Morgan fingerprint density at radius 2 is 2.10 bits per heavy atom. The highest BCUT2D eigenvalue weighted by Crippen LogP contribution is 2.24. The number of nitrogens with two attached hydrogens (primary N) is 1. The smallest absolute Gasteiger partial charge is 0.119 e. The maximum Gasteiger partial charge on any atom is 0.119 e. The van der Waals surface area contributed by atoms with Gasteiger partial charge in [-0.1, -0.05) is 12.1 Å². The van der Waals surface area contributed by atoms with E-state index < -0.39 is 0 Å². The van der Waals surface area contributed by atoms with E-state index in [1.807, 2.05) is 13.0 Å². The molecule has 2 N–H and O–H groups in total. The van der Waals surface area contributed by atoms with Crippen molar-refractivity contribution in [2.75, 3.05) is 46.4 Å². The molecule has 20 heavy (non-hydrogen) atoms. The Morgan fingerprint density at radius 1 is 1.25 bits per heavy atom. The molecule has 4 nitrogen and oxygen atoms in total. The fourth-order valence-corrected chi connectivity index (χ4v) is 2.85. The van der Waals surface area contributed by atoms with Gasteiger partial charge in [0.25, 0.3) is 0 Å². The molecule has 0 aliphatic carbocycles. The standard InChI is InChI=1S/C16H27N3O/c1-3-20-15-7-4-6-14(12-15)16(13-17)19-9-5-8-18(2)10-11-19/h4,6-7,12,16H,3,5,8-11,13,17H2,1-2H3. The summed E-state index contributed by atoms with van der Waals surface area (Å²) < 4.78 is 5.60. The Kier molecular flexibility index (Phi) is 5.83. The summed E-state index contributed by atoms with van der Waals surface area (Å²) in [6, 6.07) is 8.66. The third kappa shape index (κ3) is 3.95. The summed E-state index contributed by atoms with van der Waals surface area (Å²) in [5, 5.41) is 0. The highest BCUT2D eigenvalue weighted by atomic mass is 16.5. The number of rotatable bonds is 5. The lowest BCUT2D eigenvalue weighted by molar-refractivity contribution is 0.207. The van der Waals surface area contributed by atoms with Gasteiger partial charge >= 0.3 is 0 Å². The highest BCUT2D eigenvalue weighted by Gasteiger charge is 2.21. The summed E-state index contributed by atoms with van der Waals surface area (Å²) in [6.45, 7) is 7.85. The number of ether oxygens (including phenoxy) is 1. The number of likely N-dealkylation sites (N-methyl/N-ethyl adjacent to an activating group) is 1. The largest absolute Gasteiger partial charge is 0.494 e. The Hall–Kier alpha value is -1.10. The average Bonchev–Trinajstić information content (AvgIpc) is 2.66. The topological polar surface area (TPSA) is 41.7 Å². The molecule has 4 heteroatoms. The molecule has 0 amide bonds. The molecule has 2 rings (SSSR count). The third-order valence-electron chi connectivity index (χ3n) is 3.97. The van der Waals surface area contributed by atoms with Crippen molar-refractivity contribution in [1.29, 1.82) is 0 Å². The molecule has 1 unspecified atom stereocenters. The lowest BCUT2D eigenvalue weighted by atomic mass is 10.0. The van der Waals surface area contributed by atoms with E-state index in [1.165, 1.54) is 18.5 Å². The molecule has 1 heterocycles. The first kappa shape index (κ1) is 15.3. The molecule has 1 aromatic rings. The lowest BCUT2D eigenvalue weighted by Gasteiger charge is -2.30. The van der Waals surface area contributed by atoms with Crippen LogP contribution in [0.15, 0.2) is 24.3 Å². The molecule has 1 fully saturated rings. The molecule has 1 aromatic carbocycles. The zero-order valence-electron chi connectivity index (χ0n) is 12.7. The fraction of sp³-hybridized carbons (Fsp3) is 0.625. The third-order valence-corrected chi connectivity index (χ3v) is 3.97. The zero-order chi connectivity index (χ0) is 14.4. The maximum atomic E-state index is 6.05. The van der Waals surface area contributed by atoms with Crippen LogP contribution in [-0.4, -0.2) is 56.2 Å². The van der Waals surface area contributed by atoms with Crippen LogP contribution >= 0.6 is 0 Å². The van der Waals surface area contributed by atoms with E-state index >= 15 is 0 Å². The van der Waals surface area contributed by atoms with Gasteiger partial charge < -0.3 is 15.4 Å². The number of nitrogens with zero attached hydrogens (tertiary/aromatic N) is 2. The molecule has 1 aliphatic rings.